The van der Waals surface area contributed by atoms with Gasteiger partial charge in [0, 0.05) is 12.1 Å². The van der Waals surface area contributed by atoms with E-state index in [1.54, 1.807) is 6.07 Å². The van der Waals surface area contributed by atoms with Crippen molar-refractivity contribution in [3.05, 3.63) is 101 Å². The zero-order chi connectivity index (χ0) is 18.2. The molecule has 5 heteroatoms. The topological polar surface area (TPSA) is 36.4 Å². The average Bonchev–Trinajstić information content (AvgIpc) is 2.68. The number of para-hydroxylation sites is 1. The predicted molar refractivity (Wildman–Crippen MR) is 114 cm³/mol. The minimum atomic E-state index is 0.0352. The van der Waals surface area contributed by atoms with Crippen LogP contribution in [0.5, 0.6) is 0 Å². The molecule has 3 aromatic rings. The first-order chi connectivity index (χ1) is 12.7. The summed E-state index contributed by atoms with van der Waals surface area (Å²) < 4.78 is 0. The summed E-state index contributed by atoms with van der Waals surface area (Å²) in [6.45, 7) is 0. The van der Waals surface area contributed by atoms with Crippen LogP contribution >= 0.6 is 23.8 Å². The lowest BCUT2D eigenvalue weighted by Crippen LogP contribution is -2.24. The maximum Gasteiger partial charge on any atom is 0.191 e. The van der Waals surface area contributed by atoms with E-state index in [1.807, 2.05) is 60.8 Å². The molecule has 0 saturated heterocycles. The standard InChI is InChI=1S/C21H18ClN3S/c22-19-13-7-8-14-20(19)24-21(26)25-23-15-18(16-9-3-1-4-10-16)17-11-5-2-6-12-17/h1-15,18H,(H2,24,25,26). The Kier molecular flexibility index (Phi) is 6.36. The largest absolute Gasteiger partial charge is 0.330 e. The highest BCUT2D eigenvalue weighted by Crippen LogP contribution is 2.22. The number of nitrogens with one attached hydrogen (secondary N) is 2. The van der Waals surface area contributed by atoms with Crippen molar-refractivity contribution in [2.24, 2.45) is 5.10 Å². The fraction of sp³-hybridized carbons (Fsp3) is 0.0476. The maximum absolute atomic E-state index is 6.12. The number of thiocarbonyl (C=S) groups is 1. The van der Waals surface area contributed by atoms with E-state index in [4.69, 9.17) is 23.8 Å². The molecule has 3 nitrogen and oxygen atoms in total. The Morgan fingerprint density at radius 3 is 1.96 bits per heavy atom. The van der Waals surface area contributed by atoms with E-state index in [9.17, 15) is 0 Å². The van der Waals surface area contributed by atoms with E-state index in [-0.39, 0.29) is 5.92 Å². The molecule has 0 amide bonds. The molecule has 0 spiro atoms. The van der Waals surface area contributed by atoms with E-state index < -0.39 is 0 Å². The molecule has 0 aliphatic rings. The van der Waals surface area contributed by atoms with Crippen LogP contribution in [0.4, 0.5) is 5.69 Å². The lowest BCUT2D eigenvalue weighted by Gasteiger charge is -2.13. The fourth-order valence-electron chi connectivity index (χ4n) is 2.57. The highest BCUT2D eigenvalue weighted by molar-refractivity contribution is 7.80. The molecule has 26 heavy (non-hydrogen) atoms. The minimum absolute atomic E-state index is 0.0352. The third-order valence-electron chi connectivity index (χ3n) is 3.83. The maximum atomic E-state index is 6.12. The van der Waals surface area contributed by atoms with Crippen molar-refractivity contribution in [1.82, 2.24) is 5.43 Å². The lowest BCUT2D eigenvalue weighted by molar-refractivity contribution is 1.01. The molecule has 0 radical (unpaired) electrons. The Morgan fingerprint density at radius 1 is 0.846 bits per heavy atom. The number of anilines is 1. The van der Waals surface area contributed by atoms with Gasteiger partial charge in [0.25, 0.3) is 0 Å². The molecule has 0 heterocycles. The predicted octanol–water partition coefficient (Wildman–Crippen LogP) is 5.44. The van der Waals surface area contributed by atoms with Gasteiger partial charge >= 0.3 is 0 Å². The van der Waals surface area contributed by atoms with Gasteiger partial charge < -0.3 is 5.32 Å². The van der Waals surface area contributed by atoms with Crippen LogP contribution in [0, 0.1) is 0 Å². The van der Waals surface area contributed by atoms with Gasteiger partial charge in [0.15, 0.2) is 5.11 Å². The SMILES string of the molecule is S=C(NN=CC(c1ccccc1)c1ccccc1)Nc1ccccc1Cl. The Labute approximate surface area is 163 Å². The van der Waals surface area contributed by atoms with E-state index in [0.717, 1.165) is 16.8 Å². The Morgan fingerprint density at radius 2 is 1.38 bits per heavy atom. The molecule has 130 valence electrons. The highest BCUT2D eigenvalue weighted by Gasteiger charge is 2.11. The van der Waals surface area contributed by atoms with Crippen molar-refractivity contribution in [2.75, 3.05) is 5.32 Å². The summed E-state index contributed by atoms with van der Waals surface area (Å²) >= 11 is 11.4. The highest BCUT2D eigenvalue weighted by atomic mass is 35.5. The summed E-state index contributed by atoms with van der Waals surface area (Å²) in [6.07, 6.45) is 1.85. The van der Waals surface area contributed by atoms with Crippen molar-refractivity contribution in [2.45, 2.75) is 5.92 Å². The fourth-order valence-corrected chi connectivity index (χ4v) is 2.91. The number of nitrogens with zero attached hydrogens (tertiary/aromatic N) is 1. The summed E-state index contributed by atoms with van der Waals surface area (Å²) in [5.41, 5.74) is 5.92. The van der Waals surface area contributed by atoms with Gasteiger partial charge in [0.2, 0.25) is 0 Å². The normalized spacial score (nSPS) is 10.8. The second kappa shape index (κ2) is 9.13. The molecular weight excluding hydrogens is 362 g/mol. The van der Waals surface area contributed by atoms with Crippen molar-refractivity contribution >= 4 is 40.8 Å². The molecule has 0 saturated carbocycles. The van der Waals surface area contributed by atoms with E-state index in [1.165, 1.54) is 0 Å². The second-order valence-corrected chi connectivity index (χ2v) is 6.44. The number of hydrazone groups is 1. The van der Waals surface area contributed by atoms with Gasteiger partial charge in [0.05, 0.1) is 10.7 Å². The smallest absolute Gasteiger partial charge is 0.191 e. The van der Waals surface area contributed by atoms with E-state index >= 15 is 0 Å². The quantitative estimate of drug-likeness (QED) is 0.352. The van der Waals surface area contributed by atoms with Gasteiger partial charge in [0.1, 0.15) is 0 Å². The van der Waals surface area contributed by atoms with Crippen LogP contribution < -0.4 is 10.7 Å². The Bertz CT molecular complexity index is 843. The van der Waals surface area contributed by atoms with E-state index in [2.05, 4.69) is 40.1 Å². The van der Waals surface area contributed by atoms with Crippen molar-refractivity contribution in [3.8, 4) is 0 Å². The van der Waals surface area contributed by atoms with Crippen molar-refractivity contribution < 1.29 is 0 Å². The van der Waals surface area contributed by atoms with Crippen LogP contribution in [0.3, 0.4) is 0 Å². The van der Waals surface area contributed by atoms with Crippen LogP contribution in [0.15, 0.2) is 90.0 Å². The Hall–Kier alpha value is -2.69. The molecule has 0 aliphatic carbocycles. The molecule has 3 aromatic carbocycles. The van der Waals surface area contributed by atoms with Crippen molar-refractivity contribution in [1.29, 1.82) is 0 Å². The zero-order valence-corrected chi connectivity index (χ0v) is 15.5. The van der Waals surface area contributed by atoms with Gasteiger partial charge in [-0.1, -0.05) is 84.4 Å². The molecule has 0 atom stereocenters. The zero-order valence-electron chi connectivity index (χ0n) is 14.0. The van der Waals surface area contributed by atoms with Gasteiger partial charge in [-0.15, -0.1) is 0 Å². The monoisotopic (exact) mass is 379 g/mol. The van der Waals surface area contributed by atoms with Gasteiger partial charge in [-0.2, -0.15) is 5.10 Å². The first-order valence-corrected chi connectivity index (χ1v) is 8.97. The summed E-state index contributed by atoms with van der Waals surface area (Å²) in [5, 5.41) is 8.35. The van der Waals surface area contributed by atoms with Crippen LogP contribution in [0.1, 0.15) is 17.0 Å². The number of hydrogen-bond acceptors (Lipinski definition) is 2. The van der Waals surface area contributed by atoms with Crippen LogP contribution in [0.2, 0.25) is 5.02 Å². The first-order valence-electron chi connectivity index (χ1n) is 8.18. The van der Waals surface area contributed by atoms with Crippen LogP contribution in [-0.2, 0) is 0 Å². The molecular formula is C21H18ClN3S. The molecule has 0 aliphatic heterocycles. The molecule has 0 fully saturated rings. The van der Waals surface area contributed by atoms with Crippen LogP contribution in [0.25, 0.3) is 0 Å². The van der Waals surface area contributed by atoms with Crippen molar-refractivity contribution in [3.63, 3.8) is 0 Å². The summed E-state index contributed by atoms with van der Waals surface area (Å²) in [6, 6.07) is 27.9. The lowest BCUT2D eigenvalue weighted by atomic mass is 9.92. The summed E-state index contributed by atoms with van der Waals surface area (Å²) in [5.74, 6) is 0.0352. The minimum Gasteiger partial charge on any atom is -0.330 e. The van der Waals surface area contributed by atoms with E-state index in [0.29, 0.717) is 10.1 Å². The number of hydrogen-bond donors (Lipinski definition) is 2. The van der Waals surface area contributed by atoms with Gasteiger partial charge in [-0.3, -0.25) is 5.43 Å². The number of benzene rings is 3. The molecule has 0 bridgehead atoms. The number of halogens is 1. The molecule has 0 aromatic heterocycles. The Balaban J connectivity index is 1.71. The van der Waals surface area contributed by atoms with Gasteiger partial charge in [-0.25, -0.2) is 0 Å². The van der Waals surface area contributed by atoms with Gasteiger partial charge in [-0.05, 0) is 35.5 Å². The van der Waals surface area contributed by atoms with Crippen LogP contribution in [-0.4, -0.2) is 11.3 Å². The molecule has 3 rings (SSSR count). The number of rotatable bonds is 5. The molecule has 0 unspecified atom stereocenters. The average molecular weight is 380 g/mol. The molecule has 2 N–H and O–H groups in total. The summed E-state index contributed by atoms with van der Waals surface area (Å²) in [7, 11) is 0. The third-order valence-corrected chi connectivity index (χ3v) is 4.35. The third kappa shape index (κ3) is 4.91. The summed E-state index contributed by atoms with van der Waals surface area (Å²) in [4.78, 5) is 0. The second-order valence-electron chi connectivity index (χ2n) is 5.62. The first kappa shape index (κ1) is 18.1.